The summed E-state index contributed by atoms with van der Waals surface area (Å²) in [5.41, 5.74) is 1.74. The van der Waals surface area contributed by atoms with Crippen LogP contribution in [0.2, 0.25) is 0 Å². The Kier molecular flexibility index (Phi) is 6.65. The van der Waals surface area contributed by atoms with Crippen molar-refractivity contribution >= 4 is 23.4 Å². The van der Waals surface area contributed by atoms with Gasteiger partial charge in [0.15, 0.2) is 16.7 Å². The summed E-state index contributed by atoms with van der Waals surface area (Å²) < 4.78 is 17.9. The number of carbonyl (C=O) groups excluding carboxylic acids is 1. The molecule has 166 valence electrons. The molecule has 4 rings (SSSR count). The molecule has 0 spiro atoms. The molecule has 2 heterocycles. The summed E-state index contributed by atoms with van der Waals surface area (Å²) >= 11 is 1.35. The highest BCUT2D eigenvalue weighted by atomic mass is 32.2. The van der Waals surface area contributed by atoms with E-state index in [4.69, 9.17) is 14.2 Å². The van der Waals surface area contributed by atoms with Gasteiger partial charge in [-0.3, -0.25) is 4.79 Å². The summed E-state index contributed by atoms with van der Waals surface area (Å²) in [5, 5.41) is 11.9. The molecule has 1 aliphatic rings. The second kappa shape index (κ2) is 9.78. The van der Waals surface area contributed by atoms with Crippen LogP contribution in [0.3, 0.4) is 0 Å². The first-order chi connectivity index (χ1) is 15.6. The maximum absolute atomic E-state index is 12.8. The van der Waals surface area contributed by atoms with Gasteiger partial charge < -0.3 is 24.1 Å². The Balaban J connectivity index is 1.44. The standard InChI is InChI=1S/C23H24N4O4S/c1-4-11-27-21(12-16-5-8-18(29-3)9-6-16)25-26-23(27)32-15(2)22(28)24-17-7-10-19-20(13-17)31-14-30-19/h4-10,13,15H,1,11-12,14H2,2-3H3,(H,24,28). The quantitative estimate of drug-likeness (QED) is 0.389. The van der Waals surface area contributed by atoms with Crippen molar-refractivity contribution in [1.29, 1.82) is 0 Å². The number of rotatable bonds is 9. The number of amides is 1. The van der Waals surface area contributed by atoms with Crippen LogP contribution in [0, 0.1) is 0 Å². The molecular formula is C23H24N4O4S. The van der Waals surface area contributed by atoms with Gasteiger partial charge in [0.25, 0.3) is 0 Å². The van der Waals surface area contributed by atoms with Crippen LogP contribution in [-0.2, 0) is 17.8 Å². The average molecular weight is 453 g/mol. The zero-order valence-corrected chi connectivity index (χ0v) is 18.7. The van der Waals surface area contributed by atoms with Crippen LogP contribution < -0.4 is 19.5 Å². The number of hydrogen-bond acceptors (Lipinski definition) is 7. The fraction of sp³-hybridized carbons (Fsp3) is 0.261. The van der Waals surface area contributed by atoms with Crippen molar-refractivity contribution in [2.75, 3.05) is 19.2 Å². The van der Waals surface area contributed by atoms with Crippen molar-refractivity contribution in [3.8, 4) is 17.2 Å². The number of thioether (sulfide) groups is 1. The lowest BCUT2D eigenvalue weighted by Gasteiger charge is -2.13. The van der Waals surface area contributed by atoms with E-state index >= 15 is 0 Å². The molecule has 0 aliphatic carbocycles. The number of methoxy groups -OCH3 is 1. The van der Waals surface area contributed by atoms with Gasteiger partial charge in [0, 0.05) is 24.7 Å². The van der Waals surface area contributed by atoms with Gasteiger partial charge in [-0.1, -0.05) is 30.0 Å². The number of ether oxygens (including phenoxy) is 3. The van der Waals surface area contributed by atoms with Crippen LogP contribution >= 0.6 is 11.8 Å². The second-order valence-corrected chi connectivity index (χ2v) is 8.45. The predicted octanol–water partition coefficient (Wildman–Crippen LogP) is 3.91. The molecule has 1 unspecified atom stereocenters. The molecule has 1 amide bonds. The summed E-state index contributed by atoms with van der Waals surface area (Å²) in [6, 6.07) is 13.2. The number of nitrogens with one attached hydrogen (secondary N) is 1. The van der Waals surface area contributed by atoms with Gasteiger partial charge in [-0.05, 0) is 36.8 Å². The van der Waals surface area contributed by atoms with Crippen LogP contribution in [0.1, 0.15) is 18.3 Å². The lowest BCUT2D eigenvalue weighted by molar-refractivity contribution is -0.115. The molecule has 1 aromatic heterocycles. The number of nitrogens with zero attached hydrogens (tertiary/aromatic N) is 3. The zero-order chi connectivity index (χ0) is 22.5. The third kappa shape index (κ3) is 4.88. The molecule has 8 nitrogen and oxygen atoms in total. The Morgan fingerprint density at radius 3 is 2.78 bits per heavy atom. The van der Waals surface area contributed by atoms with Gasteiger partial charge in [0.2, 0.25) is 12.7 Å². The van der Waals surface area contributed by atoms with Crippen molar-refractivity contribution in [2.24, 2.45) is 0 Å². The van der Waals surface area contributed by atoms with Crippen LogP contribution in [0.4, 0.5) is 5.69 Å². The Bertz CT molecular complexity index is 1110. The van der Waals surface area contributed by atoms with E-state index in [1.807, 2.05) is 35.8 Å². The molecule has 32 heavy (non-hydrogen) atoms. The van der Waals surface area contributed by atoms with E-state index in [0.717, 1.165) is 17.1 Å². The third-order valence-electron chi connectivity index (χ3n) is 4.92. The molecule has 1 N–H and O–H groups in total. The van der Waals surface area contributed by atoms with Crippen molar-refractivity contribution in [2.45, 2.75) is 30.3 Å². The second-order valence-electron chi connectivity index (χ2n) is 7.14. The van der Waals surface area contributed by atoms with Crippen molar-refractivity contribution in [1.82, 2.24) is 14.8 Å². The molecule has 0 saturated carbocycles. The molecule has 1 atom stereocenters. The first-order valence-corrected chi connectivity index (χ1v) is 11.0. The summed E-state index contributed by atoms with van der Waals surface area (Å²) in [6.07, 6.45) is 2.41. The Hall–Kier alpha value is -3.46. The van der Waals surface area contributed by atoms with E-state index in [0.29, 0.717) is 35.3 Å². The van der Waals surface area contributed by atoms with E-state index in [2.05, 4.69) is 22.1 Å². The van der Waals surface area contributed by atoms with E-state index in [-0.39, 0.29) is 18.0 Å². The smallest absolute Gasteiger partial charge is 0.237 e. The minimum Gasteiger partial charge on any atom is -0.497 e. The van der Waals surface area contributed by atoms with Crippen molar-refractivity contribution in [3.05, 3.63) is 66.5 Å². The van der Waals surface area contributed by atoms with Gasteiger partial charge in [0.1, 0.15) is 11.6 Å². The molecule has 3 aromatic rings. The van der Waals surface area contributed by atoms with Crippen LogP contribution in [0.15, 0.2) is 60.3 Å². The number of aromatic nitrogens is 3. The molecule has 9 heteroatoms. The topological polar surface area (TPSA) is 87.5 Å². The van der Waals surface area contributed by atoms with Crippen molar-refractivity contribution in [3.63, 3.8) is 0 Å². The van der Waals surface area contributed by atoms with Gasteiger partial charge in [0.05, 0.1) is 12.4 Å². The van der Waals surface area contributed by atoms with Gasteiger partial charge in [-0.25, -0.2) is 0 Å². The van der Waals surface area contributed by atoms with E-state index < -0.39 is 0 Å². The SMILES string of the molecule is C=CCn1c(Cc2ccc(OC)cc2)nnc1SC(C)C(=O)Nc1ccc2c(c1)OCO2. The summed E-state index contributed by atoms with van der Waals surface area (Å²) in [6.45, 7) is 6.42. The average Bonchev–Trinajstić information content (AvgIpc) is 3.41. The van der Waals surface area contributed by atoms with E-state index in [1.54, 1.807) is 31.4 Å². The summed E-state index contributed by atoms with van der Waals surface area (Å²) in [4.78, 5) is 12.8. The van der Waals surface area contributed by atoms with Gasteiger partial charge >= 0.3 is 0 Å². The van der Waals surface area contributed by atoms with Crippen LogP contribution in [0.5, 0.6) is 17.2 Å². The lowest BCUT2D eigenvalue weighted by atomic mass is 10.1. The van der Waals surface area contributed by atoms with Crippen molar-refractivity contribution < 1.29 is 19.0 Å². The molecule has 0 saturated heterocycles. The molecule has 0 radical (unpaired) electrons. The first-order valence-electron chi connectivity index (χ1n) is 10.1. The Labute approximate surface area is 190 Å². The molecule has 0 bridgehead atoms. The maximum atomic E-state index is 12.8. The number of hydrogen-bond donors (Lipinski definition) is 1. The van der Waals surface area contributed by atoms with Gasteiger partial charge in [-0.2, -0.15) is 0 Å². The first kappa shape index (κ1) is 21.8. The fourth-order valence-corrected chi connectivity index (χ4v) is 4.08. The molecule has 1 aliphatic heterocycles. The summed E-state index contributed by atoms with van der Waals surface area (Å²) in [5.74, 6) is 2.77. The number of carbonyl (C=O) groups is 1. The minimum atomic E-state index is -0.387. The maximum Gasteiger partial charge on any atom is 0.237 e. The highest BCUT2D eigenvalue weighted by Crippen LogP contribution is 2.34. The van der Waals surface area contributed by atoms with Gasteiger partial charge in [-0.15, -0.1) is 16.8 Å². The minimum absolute atomic E-state index is 0.140. The largest absolute Gasteiger partial charge is 0.497 e. The molecular weight excluding hydrogens is 428 g/mol. The van der Waals surface area contributed by atoms with Crippen LogP contribution in [-0.4, -0.2) is 39.8 Å². The third-order valence-corrected chi connectivity index (χ3v) is 6.00. The number of allylic oxidation sites excluding steroid dienone is 1. The highest BCUT2D eigenvalue weighted by molar-refractivity contribution is 8.00. The lowest BCUT2D eigenvalue weighted by Crippen LogP contribution is -2.23. The highest BCUT2D eigenvalue weighted by Gasteiger charge is 2.21. The predicted molar refractivity (Wildman–Crippen MR) is 123 cm³/mol. The monoisotopic (exact) mass is 452 g/mol. The Morgan fingerprint density at radius 1 is 1.25 bits per heavy atom. The summed E-state index contributed by atoms with van der Waals surface area (Å²) in [7, 11) is 1.64. The number of benzene rings is 2. The van der Waals surface area contributed by atoms with E-state index in [9.17, 15) is 4.79 Å². The van der Waals surface area contributed by atoms with Crippen LogP contribution in [0.25, 0.3) is 0 Å². The fourth-order valence-electron chi connectivity index (χ4n) is 3.21. The Morgan fingerprint density at radius 2 is 2.03 bits per heavy atom. The molecule has 0 fully saturated rings. The number of anilines is 1. The normalized spacial score (nSPS) is 12.9. The zero-order valence-electron chi connectivity index (χ0n) is 17.9. The molecule has 2 aromatic carbocycles. The van der Waals surface area contributed by atoms with E-state index in [1.165, 1.54) is 11.8 Å². The number of fused-ring (bicyclic) bond motifs is 1.